The van der Waals surface area contributed by atoms with Crippen LogP contribution in [-0.4, -0.2) is 58.0 Å². The van der Waals surface area contributed by atoms with Gasteiger partial charge in [0.15, 0.2) is 5.76 Å². The third-order valence-electron chi connectivity index (χ3n) is 8.93. The van der Waals surface area contributed by atoms with Gasteiger partial charge in [-0.25, -0.2) is 4.98 Å². The molecule has 0 atom stereocenters. The van der Waals surface area contributed by atoms with Crippen LogP contribution in [0.4, 0.5) is 0 Å². The molecule has 2 aromatic carbocycles. The second kappa shape index (κ2) is 13.2. The number of rotatable bonds is 6. The number of carbonyl (C=O) groups excluding carboxylic acids is 1. The summed E-state index contributed by atoms with van der Waals surface area (Å²) in [5.74, 6) is 1.57. The monoisotopic (exact) mass is 550 g/mol. The standard InChI is InChI=1S/C31H36N4O2.C4H6/c1-24-32-27-10-5-6-11-28(27)35(24)26-13-18-33(19-14-26)20-15-31(25-8-3-2-4-9-25)16-21-34(22-17-31)30(36)29-12-7-23-37-29;1-3-4-2/h2-12,23,26H,13-22H2,1H3;4H,1H2,2H3. The number of likely N-dealkylation sites (tertiary alicyclic amines) is 2. The number of allylic oxidation sites excluding steroid dienone is 1. The lowest BCUT2D eigenvalue weighted by Gasteiger charge is -2.44. The average Bonchev–Trinajstić information content (AvgIpc) is 3.69. The summed E-state index contributed by atoms with van der Waals surface area (Å²) in [6, 6.07) is 23.5. The molecule has 4 aromatic rings. The Balaban J connectivity index is 0.000000794. The molecule has 6 heteroatoms. The molecule has 0 saturated carbocycles. The third kappa shape index (κ3) is 6.40. The highest BCUT2D eigenvalue weighted by Crippen LogP contribution is 2.40. The Morgan fingerprint density at radius 1 is 1.02 bits per heavy atom. The highest BCUT2D eigenvalue weighted by molar-refractivity contribution is 5.91. The number of piperidine rings is 2. The van der Waals surface area contributed by atoms with Crippen LogP contribution in [0, 0.1) is 6.92 Å². The van der Waals surface area contributed by atoms with Gasteiger partial charge >= 0.3 is 0 Å². The number of hydrogen-bond donors (Lipinski definition) is 0. The fourth-order valence-electron chi connectivity index (χ4n) is 6.57. The number of amides is 1. The maximum atomic E-state index is 12.9. The van der Waals surface area contributed by atoms with Crippen LogP contribution in [-0.2, 0) is 5.41 Å². The molecule has 0 bridgehead atoms. The van der Waals surface area contributed by atoms with Crippen molar-refractivity contribution in [1.29, 1.82) is 0 Å². The molecule has 0 spiro atoms. The molecule has 0 radical (unpaired) electrons. The van der Waals surface area contributed by atoms with Gasteiger partial charge in [-0.3, -0.25) is 4.79 Å². The Labute approximate surface area is 244 Å². The van der Waals surface area contributed by atoms with Gasteiger partial charge in [-0.15, -0.1) is 5.73 Å². The van der Waals surface area contributed by atoms with Crippen molar-refractivity contribution in [1.82, 2.24) is 19.4 Å². The minimum Gasteiger partial charge on any atom is -0.459 e. The fourth-order valence-corrected chi connectivity index (χ4v) is 6.57. The summed E-state index contributed by atoms with van der Waals surface area (Å²) in [6.07, 6.45) is 8.75. The molecule has 214 valence electrons. The van der Waals surface area contributed by atoms with E-state index in [1.54, 1.807) is 24.5 Å². The first kappa shape index (κ1) is 28.7. The molecule has 2 aliphatic heterocycles. The van der Waals surface area contributed by atoms with Gasteiger partial charge in [-0.1, -0.05) is 49.0 Å². The number of nitrogens with zero attached hydrogens (tertiary/aromatic N) is 4. The summed E-state index contributed by atoms with van der Waals surface area (Å²) in [6.45, 7) is 12.2. The van der Waals surface area contributed by atoms with E-state index in [-0.39, 0.29) is 11.3 Å². The summed E-state index contributed by atoms with van der Waals surface area (Å²) >= 11 is 0. The highest BCUT2D eigenvalue weighted by Gasteiger charge is 2.38. The van der Waals surface area contributed by atoms with E-state index in [1.807, 2.05) is 11.8 Å². The molecule has 0 aliphatic carbocycles. The number of imidazole rings is 1. The quantitative estimate of drug-likeness (QED) is 0.239. The lowest BCUT2D eigenvalue weighted by atomic mass is 9.70. The number of hydrogen-bond acceptors (Lipinski definition) is 4. The Morgan fingerprint density at radius 3 is 2.37 bits per heavy atom. The van der Waals surface area contributed by atoms with Crippen LogP contribution >= 0.6 is 0 Å². The van der Waals surface area contributed by atoms with E-state index >= 15 is 0 Å². The van der Waals surface area contributed by atoms with E-state index in [2.05, 4.69) is 83.3 Å². The van der Waals surface area contributed by atoms with E-state index in [0.29, 0.717) is 11.8 Å². The van der Waals surface area contributed by atoms with Crippen LogP contribution in [0.3, 0.4) is 0 Å². The molecular formula is C35H42N4O2. The lowest BCUT2D eigenvalue weighted by Crippen LogP contribution is -2.47. The first-order chi connectivity index (χ1) is 20.0. The fraction of sp³-hybridized carbons (Fsp3) is 0.400. The SMILES string of the molecule is C=C=CC.Cc1nc2ccccc2n1C1CCN(CCC2(c3ccccc3)CCN(C(=O)c3ccco3)CC2)CC1. The first-order valence-electron chi connectivity index (χ1n) is 14.9. The van der Waals surface area contributed by atoms with Gasteiger partial charge in [0, 0.05) is 32.2 Å². The molecule has 41 heavy (non-hydrogen) atoms. The molecule has 1 amide bonds. The third-order valence-corrected chi connectivity index (χ3v) is 8.93. The van der Waals surface area contributed by atoms with Gasteiger partial charge in [0.25, 0.3) is 5.91 Å². The minimum absolute atomic E-state index is 0.0102. The normalized spacial score (nSPS) is 17.5. The number of carbonyl (C=O) groups is 1. The smallest absolute Gasteiger partial charge is 0.289 e. The van der Waals surface area contributed by atoms with Crippen LogP contribution in [0.1, 0.15) is 67.0 Å². The van der Waals surface area contributed by atoms with Crippen molar-refractivity contribution in [3.8, 4) is 0 Å². The van der Waals surface area contributed by atoms with E-state index in [0.717, 1.165) is 76.2 Å². The van der Waals surface area contributed by atoms with E-state index in [4.69, 9.17) is 9.40 Å². The zero-order chi connectivity index (χ0) is 28.7. The van der Waals surface area contributed by atoms with E-state index in [1.165, 1.54) is 11.1 Å². The number of aryl methyl sites for hydroxylation is 1. The summed E-state index contributed by atoms with van der Waals surface area (Å²) < 4.78 is 7.84. The van der Waals surface area contributed by atoms with Crippen molar-refractivity contribution >= 4 is 16.9 Å². The van der Waals surface area contributed by atoms with Crippen LogP contribution in [0.25, 0.3) is 11.0 Å². The highest BCUT2D eigenvalue weighted by atomic mass is 16.3. The zero-order valence-corrected chi connectivity index (χ0v) is 24.5. The van der Waals surface area contributed by atoms with Gasteiger partial charge in [-0.05, 0) is 93.8 Å². The van der Waals surface area contributed by atoms with Gasteiger partial charge < -0.3 is 18.8 Å². The van der Waals surface area contributed by atoms with Crippen molar-refractivity contribution in [3.05, 3.63) is 109 Å². The molecule has 2 aliphatic rings. The number of para-hydroxylation sites is 2. The number of furan rings is 1. The first-order valence-corrected chi connectivity index (χ1v) is 14.9. The molecule has 2 fully saturated rings. The summed E-state index contributed by atoms with van der Waals surface area (Å²) in [7, 11) is 0. The number of fused-ring (bicyclic) bond motifs is 1. The van der Waals surface area contributed by atoms with E-state index in [9.17, 15) is 4.79 Å². The second-order valence-corrected chi connectivity index (χ2v) is 11.2. The van der Waals surface area contributed by atoms with Gasteiger partial charge in [0.2, 0.25) is 0 Å². The van der Waals surface area contributed by atoms with E-state index < -0.39 is 0 Å². The van der Waals surface area contributed by atoms with Gasteiger partial charge in [-0.2, -0.15) is 0 Å². The Kier molecular flexibility index (Phi) is 9.23. The zero-order valence-electron chi connectivity index (χ0n) is 24.5. The van der Waals surface area contributed by atoms with Crippen molar-refractivity contribution < 1.29 is 9.21 Å². The van der Waals surface area contributed by atoms with Crippen molar-refractivity contribution in [2.24, 2.45) is 0 Å². The molecule has 4 heterocycles. The molecular weight excluding hydrogens is 508 g/mol. The van der Waals surface area contributed by atoms with Crippen LogP contribution < -0.4 is 0 Å². The average molecular weight is 551 g/mol. The second-order valence-electron chi connectivity index (χ2n) is 11.2. The number of aromatic nitrogens is 2. The van der Waals surface area contributed by atoms with Gasteiger partial charge in [0.1, 0.15) is 5.82 Å². The maximum Gasteiger partial charge on any atom is 0.289 e. The molecule has 0 N–H and O–H groups in total. The van der Waals surface area contributed by atoms with Crippen molar-refractivity contribution in [3.63, 3.8) is 0 Å². The topological polar surface area (TPSA) is 54.5 Å². The Morgan fingerprint density at radius 2 is 1.71 bits per heavy atom. The Bertz CT molecular complexity index is 1450. The van der Waals surface area contributed by atoms with Gasteiger partial charge in [0.05, 0.1) is 17.3 Å². The molecule has 6 nitrogen and oxygen atoms in total. The van der Waals surface area contributed by atoms with Crippen LogP contribution in [0.2, 0.25) is 0 Å². The molecule has 2 aromatic heterocycles. The minimum atomic E-state index is 0.0102. The van der Waals surface area contributed by atoms with Crippen molar-refractivity contribution in [2.75, 3.05) is 32.7 Å². The van der Waals surface area contributed by atoms with Crippen LogP contribution in [0.5, 0.6) is 0 Å². The predicted octanol–water partition coefficient (Wildman–Crippen LogP) is 7.19. The molecule has 0 unspecified atom stereocenters. The molecule has 2 saturated heterocycles. The maximum absolute atomic E-state index is 12.9. The Hall–Kier alpha value is -3.86. The predicted molar refractivity (Wildman–Crippen MR) is 165 cm³/mol. The summed E-state index contributed by atoms with van der Waals surface area (Å²) in [5, 5.41) is 0. The van der Waals surface area contributed by atoms with Crippen molar-refractivity contribution in [2.45, 2.75) is 57.4 Å². The molecule has 6 rings (SSSR count). The number of benzene rings is 2. The summed E-state index contributed by atoms with van der Waals surface area (Å²) in [4.78, 5) is 22.3. The largest absolute Gasteiger partial charge is 0.459 e. The lowest BCUT2D eigenvalue weighted by molar-refractivity contribution is 0.0612. The summed E-state index contributed by atoms with van der Waals surface area (Å²) in [5.41, 5.74) is 6.44. The van der Waals surface area contributed by atoms with Crippen LogP contribution in [0.15, 0.2) is 95.8 Å².